The minimum Gasteiger partial charge on any atom is -0.377 e. The number of para-hydroxylation sites is 2. The third-order valence-corrected chi connectivity index (χ3v) is 5.29. The highest BCUT2D eigenvalue weighted by atomic mass is 19.3. The Morgan fingerprint density at radius 2 is 2.14 bits per heavy atom. The molecule has 0 radical (unpaired) electrons. The van der Waals surface area contributed by atoms with Crippen molar-refractivity contribution in [2.24, 2.45) is 0 Å². The Morgan fingerprint density at radius 1 is 1.28 bits per heavy atom. The molecule has 0 N–H and O–H groups in total. The van der Waals surface area contributed by atoms with Crippen molar-refractivity contribution in [2.75, 3.05) is 42.6 Å². The predicted molar refractivity (Wildman–Crippen MR) is 102 cm³/mol. The summed E-state index contributed by atoms with van der Waals surface area (Å²) in [6, 6.07) is 6.94. The molecule has 0 bridgehead atoms. The van der Waals surface area contributed by atoms with Gasteiger partial charge < -0.3 is 19.3 Å². The first-order chi connectivity index (χ1) is 14.2. The Hall–Kier alpha value is -3.14. The van der Waals surface area contributed by atoms with Crippen molar-refractivity contribution in [3.63, 3.8) is 0 Å². The normalized spacial score (nSPS) is 18.8. The van der Waals surface area contributed by atoms with Crippen LogP contribution in [0.15, 0.2) is 30.5 Å². The van der Waals surface area contributed by atoms with E-state index in [1.807, 2.05) is 4.90 Å². The Labute approximate surface area is 164 Å². The highest BCUT2D eigenvalue weighted by Gasteiger charge is 2.35. The van der Waals surface area contributed by atoms with Gasteiger partial charge in [0.25, 0.3) is 6.43 Å². The van der Waals surface area contributed by atoms with Crippen molar-refractivity contribution in [3.8, 4) is 5.95 Å². The number of aldehydes is 1. The second-order valence-corrected chi connectivity index (χ2v) is 6.97. The maximum atomic E-state index is 13.7. The Balaban J connectivity index is 1.68. The SMILES string of the molecule is O=CCN1CC2COCCN2c2nc(-n3c(C(F)F)nc4ccccc43)ncc21. The van der Waals surface area contributed by atoms with Gasteiger partial charge in [0, 0.05) is 13.1 Å². The van der Waals surface area contributed by atoms with Gasteiger partial charge in [-0.15, -0.1) is 0 Å². The Bertz CT molecular complexity index is 1070. The molecule has 29 heavy (non-hydrogen) atoms. The highest BCUT2D eigenvalue weighted by Crippen LogP contribution is 2.35. The van der Waals surface area contributed by atoms with Crippen LogP contribution in [0, 0.1) is 0 Å². The third kappa shape index (κ3) is 2.91. The van der Waals surface area contributed by atoms with Crippen LogP contribution >= 0.6 is 0 Å². The van der Waals surface area contributed by atoms with Crippen LogP contribution in [-0.4, -0.2) is 64.7 Å². The van der Waals surface area contributed by atoms with E-state index in [1.54, 1.807) is 30.5 Å². The van der Waals surface area contributed by atoms with Gasteiger partial charge in [-0.3, -0.25) is 4.57 Å². The number of nitrogens with zero attached hydrogens (tertiary/aromatic N) is 6. The largest absolute Gasteiger partial charge is 0.377 e. The quantitative estimate of drug-likeness (QED) is 0.620. The fraction of sp³-hybridized carbons (Fsp3) is 0.368. The smallest absolute Gasteiger partial charge is 0.296 e. The van der Waals surface area contributed by atoms with E-state index in [2.05, 4.69) is 19.9 Å². The molecule has 5 rings (SSSR count). The summed E-state index contributed by atoms with van der Waals surface area (Å²) in [6.07, 6.45) is -0.351. The molecule has 2 aliphatic rings. The van der Waals surface area contributed by atoms with E-state index in [0.717, 1.165) is 6.29 Å². The molecule has 0 aliphatic carbocycles. The molecule has 0 amide bonds. The number of aromatic nitrogens is 4. The minimum absolute atomic E-state index is 0.0352. The lowest BCUT2D eigenvalue weighted by Gasteiger charge is -2.45. The molecule has 1 saturated heterocycles. The molecule has 2 aromatic heterocycles. The van der Waals surface area contributed by atoms with Crippen LogP contribution in [0.5, 0.6) is 0 Å². The van der Waals surface area contributed by atoms with Crippen molar-refractivity contribution < 1.29 is 18.3 Å². The molecule has 1 fully saturated rings. The van der Waals surface area contributed by atoms with Crippen LogP contribution in [0.4, 0.5) is 20.3 Å². The first-order valence-corrected chi connectivity index (χ1v) is 9.33. The minimum atomic E-state index is -2.77. The molecule has 1 unspecified atom stereocenters. The zero-order valence-corrected chi connectivity index (χ0v) is 15.4. The van der Waals surface area contributed by atoms with Crippen LogP contribution in [-0.2, 0) is 9.53 Å². The molecular formula is C19H18F2N6O2. The number of imidazole rings is 1. The molecule has 3 aromatic rings. The average Bonchev–Trinajstić information content (AvgIpc) is 3.14. The molecule has 8 nitrogen and oxygen atoms in total. The number of carbonyl (C=O) groups excluding carboxylic acids is 1. The maximum Gasteiger partial charge on any atom is 0.296 e. The van der Waals surface area contributed by atoms with E-state index in [4.69, 9.17) is 4.74 Å². The Morgan fingerprint density at radius 3 is 2.97 bits per heavy atom. The first-order valence-electron chi connectivity index (χ1n) is 9.33. The van der Waals surface area contributed by atoms with Crippen molar-refractivity contribution in [1.29, 1.82) is 0 Å². The summed E-state index contributed by atoms with van der Waals surface area (Å²) < 4.78 is 34.3. The molecule has 0 spiro atoms. The van der Waals surface area contributed by atoms with Crippen LogP contribution < -0.4 is 9.80 Å². The lowest BCUT2D eigenvalue weighted by atomic mass is 10.1. The number of hydrogen-bond donors (Lipinski definition) is 0. The summed E-state index contributed by atoms with van der Waals surface area (Å²) >= 11 is 0. The van der Waals surface area contributed by atoms with Crippen LogP contribution in [0.2, 0.25) is 0 Å². The fourth-order valence-electron chi connectivity index (χ4n) is 4.00. The maximum absolute atomic E-state index is 13.7. The number of hydrogen-bond acceptors (Lipinski definition) is 7. The number of ether oxygens (including phenoxy) is 1. The van der Waals surface area contributed by atoms with E-state index in [9.17, 15) is 13.6 Å². The number of morpholine rings is 1. The molecule has 4 heterocycles. The van der Waals surface area contributed by atoms with Gasteiger partial charge in [0.2, 0.25) is 5.95 Å². The number of carbonyl (C=O) groups is 1. The predicted octanol–water partition coefficient (Wildman–Crippen LogP) is 1.98. The number of rotatable bonds is 4. The summed E-state index contributed by atoms with van der Waals surface area (Å²) in [6.45, 7) is 2.53. The lowest BCUT2D eigenvalue weighted by Crippen LogP contribution is -2.55. The van der Waals surface area contributed by atoms with E-state index < -0.39 is 12.2 Å². The summed E-state index contributed by atoms with van der Waals surface area (Å²) in [7, 11) is 0. The van der Waals surface area contributed by atoms with E-state index >= 15 is 0 Å². The molecule has 0 saturated carbocycles. The standard InChI is InChI=1S/C19H18F2N6O2/c20-16(21)18-23-13-3-1-2-4-14(13)27(18)19-22-9-15-17(24-19)26-6-8-29-11-12(26)10-25(15)5-7-28/h1-4,7,9,12,16H,5-6,8,10-11H2. The van der Waals surface area contributed by atoms with Gasteiger partial charge in [-0.2, -0.15) is 4.98 Å². The molecule has 150 valence electrons. The lowest BCUT2D eigenvalue weighted by molar-refractivity contribution is -0.106. The molecule has 2 aliphatic heterocycles. The molecular weight excluding hydrogens is 382 g/mol. The van der Waals surface area contributed by atoms with Crippen LogP contribution in [0.1, 0.15) is 12.2 Å². The number of benzene rings is 1. The third-order valence-electron chi connectivity index (χ3n) is 5.29. The number of anilines is 2. The van der Waals surface area contributed by atoms with Crippen LogP contribution in [0.25, 0.3) is 17.0 Å². The fourth-order valence-corrected chi connectivity index (χ4v) is 4.00. The number of fused-ring (bicyclic) bond motifs is 4. The monoisotopic (exact) mass is 400 g/mol. The van der Waals surface area contributed by atoms with Crippen LogP contribution in [0.3, 0.4) is 0 Å². The summed E-state index contributed by atoms with van der Waals surface area (Å²) in [5, 5.41) is 0. The molecule has 1 atom stereocenters. The summed E-state index contributed by atoms with van der Waals surface area (Å²) in [5.41, 5.74) is 1.68. The van der Waals surface area contributed by atoms with Crippen molar-refractivity contribution >= 4 is 28.8 Å². The Kier molecular flexibility index (Phi) is 4.35. The van der Waals surface area contributed by atoms with Crippen molar-refractivity contribution in [3.05, 3.63) is 36.3 Å². The topological polar surface area (TPSA) is 76.4 Å². The van der Waals surface area contributed by atoms with Gasteiger partial charge >= 0.3 is 0 Å². The first kappa shape index (κ1) is 17.9. The van der Waals surface area contributed by atoms with Crippen molar-refractivity contribution in [2.45, 2.75) is 12.5 Å². The highest BCUT2D eigenvalue weighted by molar-refractivity contribution is 5.79. The average molecular weight is 400 g/mol. The van der Waals surface area contributed by atoms with Gasteiger partial charge in [-0.25, -0.2) is 18.7 Å². The van der Waals surface area contributed by atoms with E-state index in [-0.39, 0.29) is 18.5 Å². The molecule has 1 aromatic carbocycles. The zero-order chi connectivity index (χ0) is 20.0. The van der Waals surface area contributed by atoms with Gasteiger partial charge in [-0.1, -0.05) is 12.1 Å². The number of alkyl halides is 2. The van der Waals surface area contributed by atoms with Gasteiger partial charge in [0.05, 0.1) is 48.7 Å². The second kappa shape index (κ2) is 7.03. The van der Waals surface area contributed by atoms with E-state index in [1.165, 1.54) is 4.57 Å². The van der Waals surface area contributed by atoms with Gasteiger partial charge in [0.1, 0.15) is 6.29 Å². The second-order valence-electron chi connectivity index (χ2n) is 6.97. The zero-order valence-electron chi connectivity index (χ0n) is 15.4. The van der Waals surface area contributed by atoms with Gasteiger partial charge in [-0.05, 0) is 12.1 Å². The van der Waals surface area contributed by atoms with E-state index in [0.29, 0.717) is 48.8 Å². The summed E-state index contributed by atoms with van der Waals surface area (Å²) in [4.78, 5) is 28.2. The van der Waals surface area contributed by atoms with Crippen molar-refractivity contribution in [1.82, 2.24) is 19.5 Å². The molecule has 10 heteroatoms. The number of halogens is 2. The summed E-state index contributed by atoms with van der Waals surface area (Å²) in [5.74, 6) is 0.352. The van der Waals surface area contributed by atoms with Gasteiger partial charge in [0.15, 0.2) is 11.6 Å².